The number of rotatable bonds is 2. The molecule has 0 amide bonds. The van der Waals surface area contributed by atoms with Crippen molar-refractivity contribution in [1.29, 1.82) is 0 Å². The molecule has 0 radical (unpaired) electrons. The monoisotopic (exact) mass is 242 g/mol. The maximum absolute atomic E-state index is 3.44. The maximum atomic E-state index is 3.44. The molecule has 0 saturated carbocycles. The Labute approximate surface area is 61.8 Å². The summed E-state index contributed by atoms with van der Waals surface area (Å²) in [6.07, 6.45) is 3.31. The lowest BCUT2D eigenvalue weighted by molar-refractivity contribution is 1.23. The fourth-order valence-corrected chi connectivity index (χ4v) is 2.01. The van der Waals surface area contributed by atoms with E-state index in [1.165, 1.54) is 0 Å². The first-order chi connectivity index (χ1) is 3.27. The van der Waals surface area contributed by atoms with Crippen LogP contribution >= 0.6 is 30.6 Å². The lowest BCUT2D eigenvalue weighted by Crippen LogP contribution is -1.79. The lowest BCUT2D eigenvalue weighted by Gasteiger charge is -1.81. The van der Waals surface area contributed by atoms with Crippen LogP contribution in [-0.2, 0) is 0 Å². The summed E-state index contributed by atoms with van der Waals surface area (Å²) in [5.41, 5.74) is 2.19. The molecule has 0 aromatic rings. The van der Waals surface area contributed by atoms with E-state index < -0.39 is 6.04 Å². The van der Waals surface area contributed by atoms with Gasteiger partial charge in [0.05, 0.1) is 0 Å². The van der Waals surface area contributed by atoms with Crippen molar-refractivity contribution in [3.05, 3.63) is 11.8 Å². The Morgan fingerprint density at radius 1 is 1.57 bits per heavy atom. The molecule has 3 heteroatoms. The van der Waals surface area contributed by atoms with E-state index in [0.29, 0.717) is 0 Å². The zero-order chi connectivity index (χ0) is 5.70. The molecule has 0 atom stereocenters. The normalized spacial score (nSPS) is 11.4. The first-order valence-electron chi connectivity index (χ1n) is 2.22. The van der Waals surface area contributed by atoms with Crippen molar-refractivity contribution in [2.75, 3.05) is 0 Å². The molecular formula is C4H8Br2Si. The van der Waals surface area contributed by atoms with Crippen LogP contribution in [0.4, 0.5) is 0 Å². The van der Waals surface area contributed by atoms with E-state index in [1.807, 2.05) is 0 Å². The van der Waals surface area contributed by atoms with E-state index in [-0.39, 0.29) is 0 Å². The van der Waals surface area contributed by atoms with E-state index in [9.17, 15) is 0 Å². The Bertz CT molecular complexity index is 60.7. The van der Waals surface area contributed by atoms with Crippen molar-refractivity contribution in [2.24, 2.45) is 0 Å². The molecule has 0 heterocycles. The highest BCUT2D eigenvalue weighted by Crippen LogP contribution is 2.03. The highest BCUT2D eigenvalue weighted by molar-refractivity contribution is 9.49. The fraction of sp³-hybridized carbons (Fsp3) is 0.500. The lowest BCUT2D eigenvalue weighted by atomic mass is 10.5. The number of hydrogen-bond acceptors (Lipinski definition) is 0. The second-order valence-electron chi connectivity index (χ2n) is 1.17. The van der Waals surface area contributed by atoms with Gasteiger partial charge in [-0.2, -0.15) is 0 Å². The van der Waals surface area contributed by atoms with Crippen molar-refractivity contribution in [1.82, 2.24) is 0 Å². The predicted molar refractivity (Wildman–Crippen MR) is 44.4 cm³/mol. The van der Waals surface area contributed by atoms with Crippen LogP contribution in [0.1, 0.15) is 13.3 Å². The molecule has 0 unspecified atom stereocenters. The topological polar surface area (TPSA) is 0 Å². The molecule has 0 bridgehead atoms. The van der Waals surface area contributed by atoms with Gasteiger partial charge in [0.2, 0.25) is 6.04 Å². The number of allylic oxidation sites excluding steroid dienone is 1. The zero-order valence-electron chi connectivity index (χ0n) is 4.20. The summed E-state index contributed by atoms with van der Waals surface area (Å²) in [5.74, 6) is 0. The second kappa shape index (κ2) is 5.06. The summed E-state index contributed by atoms with van der Waals surface area (Å²) in [6.45, 7) is 2.13. The summed E-state index contributed by atoms with van der Waals surface area (Å²) in [4.78, 5) is 0. The van der Waals surface area contributed by atoms with Gasteiger partial charge in [-0.3, -0.25) is 0 Å². The Morgan fingerprint density at radius 3 is 2.29 bits per heavy atom. The third-order valence-electron chi connectivity index (χ3n) is 0.517. The first-order valence-corrected chi connectivity index (χ1v) is 9.25. The zero-order valence-corrected chi connectivity index (χ0v) is 8.52. The van der Waals surface area contributed by atoms with Crippen LogP contribution in [0.3, 0.4) is 0 Å². The van der Waals surface area contributed by atoms with E-state index in [2.05, 4.69) is 49.3 Å². The fourth-order valence-electron chi connectivity index (χ4n) is 0.239. The second-order valence-corrected chi connectivity index (χ2v) is 11.8. The molecule has 0 saturated heterocycles. The molecule has 7 heavy (non-hydrogen) atoms. The number of halogens is 2. The van der Waals surface area contributed by atoms with Gasteiger partial charge < -0.3 is 0 Å². The van der Waals surface area contributed by atoms with Crippen molar-refractivity contribution in [3.63, 3.8) is 0 Å². The summed E-state index contributed by atoms with van der Waals surface area (Å²) in [5, 5.41) is 0. The summed E-state index contributed by atoms with van der Waals surface area (Å²) < 4.78 is 0. The molecule has 0 aliphatic heterocycles. The average Bonchev–Trinajstić information content (AvgIpc) is 1.61. The minimum absolute atomic E-state index is 0.744. The van der Waals surface area contributed by atoms with Crippen molar-refractivity contribution in [3.8, 4) is 0 Å². The molecule has 0 aliphatic rings. The Hall–Kier alpha value is 0.917. The molecule has 0 aliphatic carbocycles. The minimum atomic E-state index is -0.744. The summed E-state index contributed by atoms with van der Waals surface area (Å²) in [6, 6.07) is -0.744. The van der Waals surface area contributed by atoms with Crippen molar-refractivity contribution in [2.45, 2.75) is 13.3 Å². The van der Waals surface area contributed by atoms with Gasteiger partial charge in [-0.25, -0.2) is 0 Å². The minimum Gasteiger partial charge on any atom is -0.110 e. The summed E-state index contributed by atoms with van der Waals surface area (Å²) >= 11 is 6.89. The molecule has 0 nitrogen and oxygen atoms in total. The highest BCUT2D eigenvalue weighted by atomic mass is 79.9. The smallest absolute Gasteiger partial charge is 0.110 e. The third kappa shape index (κ3) is 6.92. The van der Waals surface area contributed by atoms with Crippen LogP contribution < -0.4 is 0 Å². The van der Waals surface area contributed by atoms with Gasteiger partial charge in [0, 0.05) is 0 Å². The quantitative estimate of drug-likeness (QED) is 0.517. The first kappa shape index (κ1) is 7.92. The standard InChI is InChI=1S/C4H8Br2Si/c1-2-3-4-7(5)6/h3-4,7H,2H2,1H3. The average molecular weight is 244 g/mol. The molecule has 42 valence electrons. The van der Waals surface area contributed by atoms with Crippen LogP contribution in [0.15, 0.2) is 11.8 Å². The van der Waals surface area contributed by atoms with Crippen LogP contribution in [0, 0.1) is 0 Å². The SMILES string of the molecule is CCC=C[SiH](Br)Br. The van der Waals surface area contributed by atoms with Gasteiger partial charge in [0.1, 0.15) is 0 Å². The molecule has 0 aromatic carbocycles. The van der Waals surface area contributed by atoms with Gasteiger partial charge in [0.15, 0.2) is 0 Å². The molecular weight excluding hydrogens is 236 g/mol. The Balaban J connectivity index is 3.08. The van der Waals surface area contributed by atoms with Crippen molar-refractivity contribution < 1.29 is 0 Å². The highest BCUT2D eigenvalue weighted by Gasteiger charge is 1.87. The molecule has 0 rings (SSSR count). The Kier molecular flexibility index (Phi) is 5.72. The van der Waals surface area contributed by atoms with Crippen LogP contribution in [0.2, 0.25) is 0 Å². The van der Waals surface area contributed by atoms with Gasteiger partial charge in [-0.05, 0) is 6.42 Å². The van der Waals surface area contributed by atoms with Gasteiger partial charge in [-0.1, -0.05) is 18.7 Å². The van der Waals surface area contributed by atoms with E-state index in [1.54, 1.807) is 0 Å². The van der Waals surface area contributed by atoms with Crippen molar-refractivity contribution >= 4 is 36.6 Å². The third-order valence-corrected chi connectivity index (χ3v) is 2.91. The van der Waals surface area contributed by atoms with E-state index >= 15 is 0 Å². The molecule has 0 N–H and O–H groups in total. The summed E-state index contributed by atoms with van der Waals surface area (Å²) in [7, 11) is 0. The molecule has 0 aromatic heterocycles. The van der Waals surface area contributed by atoms with Crippen LogP contribution in [-0.4, -0.2) is 6.04 Å². The Morgan fingerprint density at radius 2 is 2.14 bits per heavy atom. The largest absolute Gasteiger partial charge is 0.208 e. The molecule has 0 spiro atoms. The van der Waals surface area contributed by atoms with Crippen LogP contribution in [0.5, 0.6) is 0 Å². The van der Waals surface area contributed by atoms with Gasteiger partial charge >= 0.3 is 0 Å². The maximum Gasteiger partial charge on any atom is 0.208 e. The number of hydrogen-bond donors (Lipinski definition) is 0. The van der Waals surface area contributed by atoms with Crippen LogP contribution in [0.25, 0.3) is 0 Å². The van der Waals surface area contributed by atoms with E-state index in [0.717, 1.165) is 6.42 Å². The van der Waals surface area contributed by atoms with E-state index in [4.69, 9.17) is 0 Å². The van der Waals surface area contributed by atoms with Gasteiger partial charge in [0.25, 0.3) is 0 Å². The predicted octanol–water partition coefficient (Wildman–Crippen LogP) is 2.50. The molecule has 0 fully saturated rings. The van der Waals surface area contributed by atoms with Gasteiger partial charge in [-0.15, -0.1) is 30.6 Å².